The first-order valence-electron chi connectivity index (χ1n) is 7.16. The maximum Gasteiger partial charge on any atom is 0.253 e. The topological polar surface area (TPSA) is 37.4 Å². The van der Waals surface area contributed by atoms with Crippen LogP contribution < -0.4 is 0 Å². The Labute approximate surface area is 128 Å². The summed E-state index contributed by atoms with van der Waals surface area (Å²) in [4.78, 5) is 25.3. The molecule has 1 aromatic rings. The van der Waals surface area contributed by atoms with Gasteiger partial charge in [0, 0.05) is 29.9 Å². The van der Waals surface area contributed by atoms with Gasteiger partial charge in [-0.05, 0) is 30.5 Å². The fraction of sp³-hybridized carbons (Fsp3) is 0.500. The quantitative estimate of drug-likeness (QED) is 0.623. The second-order valence-corrected chi connectivity index (χ2v) is 5.87. The first-order valence-corrected chi connectivity index (χ1v) is 8.29. The Balaban J connectivity index is 2.08. The van der Waals surface area contributed by atoms with Crippen LogP contribution in [-0.4, -0.2) is 35.5 Å². The van der Waals surface area contributed by atoms with Crippen molar-refractivity contribution in [2.75, 3.05) is 18.4 Å². The molecule has 0 bridgehead atoms. The fourth-order valence-corrected chi connectivity index (χ4v) is 3.06. The molecule has 2 rings (SSSR count). The number of hydrogen-bond acceptors (Lipinski definition) is 2. The van der Waals surface area contributed by atoms with Crippen LogP contribution in [0, 0.1) is 0 Å². The number of benzene rings is 1. The number of likely N-dealkylation sites (tertiary alicyclic amines) is 1. The van der Waals surface area contributed by atoms with Crippen LogP contribution in [0.2, 0.25) is 0 Å². The van der Waals surface area contributed by atoms with Crippen LogP contribution in [-0.2, 0) is 4.79 Å². The van der Waals surface area contributed by atoms with Gasteiger partial charge in [-0.15, -0.1) is 0 Å². The molecule has 20 heavy (non-hydrogen) atoms. The van der Waals surface area contributed by atoms with Crippen molar-refractivity contribution in [2.45, 2.75) is 31.6 Å². The first-order chi connectivity index (χ1) is 9.76. The molecule has 4 heteroatoms. The average Bonchev–Trinajstić information content (AvgIpc) is 2.77. The zero-order valence-corrected chi connectivity index (χ0v) is 13.1. The van der Waals surface area contributed by atoms with Gasteiger partial charge in [-0.2, -0.15) is 0 Å². The highest BCUT2D eigenvalue weighted by Gasteiger charge is 2.17. The molecule has 3 nitrogen and oxygen atoms in total. The van der Waals surface area contributed by atoms with Gasteiger partial charge < -0.3 is 9.69 Å². The lowest BCUT2D eigenvalue weighted by atomic mass is 10.0. The molecule has 1 aromatic carbocycles. The molecule has 1 atom stereocenters. The Hall–Kier alpha value is -1.16. The molecular weight excluding hydrogens is 318 g/mol. The van der Waals surface area contributed by atoms with Gasteiger partial charge in [0.05, 0.1) is 0 Å². The highest BCUT2D eigenvalue weighted by Crippen LogP contribution is 2.18. The molecule has 1 aliphatic heterocycles. The molecule has 0 saturated carbocycles. The van der Waals surface area contributed by atoms with E-state index < -0.39 is 0 Å². The molecule has 108 valence electrons. The van der Waals surface area contributed by atoms with Gasteiger partial charge in [-0.3, -0.25) is 4.79 Å². The maximum atomic E-state index is 12.4. The number of rotatable bonds is 4. The van der Waals surface area contributed by atoms with Crippen LogP contribution in [0.15, 0.2) is 24.3 Å². The summed E-state index contributed by atoms with van der Waals surface area (Å²) in [5.41, 5.74) is 1.67. The highest BCUT2D eigenvalue weighted by atomic mass is 79.9. The SMILES string of the molecule is O=CC(CBr)c1ccc(C(=O)N2CCCCCC2)cc1. The molecule has 1 amide bonds. The van der Waals surface area contributed by atoms with E-state index >= 15 is 0 Å². The van der Waals surface area contributed by atoms with Gasteiger partial charge in [0.25, 0.3) is 5.91 Å². The second kappa shape index (κ2) is 7.58. The van der Waals surface area contributed by atoms with E-state index in [2.05, 4.69) is 15.9 Å². The molecule has 0 spiro atoms. The summed E-state index contributed by atoms with van der Waals surface area (Å²) >= 11 is 3.33. The molecule has 0 N–H and O–H groups in total. The zero-order chi connectivity index (χ0) is 14.4. The van der Waals surface area contributed by atoms with Crippen LogP contribution in [0.5, 0.6) is 0 Å². The summed E-state index contributed by atoms with van der Waals surface area (Å²) in [6, 6.07) is 7.43. The van der Waals surface area contributed by atoms with E-state index in [0.29, 0.717) is 5.33 Å². The predicted molar refractivity (Wildman–Crippen MR) is 83.4 cm³/mol. The molecule has 1 unspecified atom stereocenters. The van der Waals surface area contributed by atoms with E-state index in [9.17, 15) is 9.59 Å². The minimum atomic E-state index is -0.141. The van der Waals surface area contributed by atoms with Gasteiger partial charge in [-0.1, -0.05) is 40.9 Å². The first kappa shape index (κ1) is 15.2. The number of alkyl halides is 1. The number of carbonyl (C=O) groups is 2. The van der Waals surface area contributed by atoms with Crippen molar-refractivity contribution >= 4 is 28.1 Å². The second-order valence-electron chi connectivity index (χ2n) is 5.23. The molecule has 0 aliphatic carbocycles. The van der Waals surface area contributed by atoms with Crippen LogP contribution in [0.25, 0.3) is 0 Å². The minimum absolute atomic E-state index is 0.111. The summed E-state index contributed by atoms with van der Waals surface area (Å²) in [7, 11) is 0. The normalized spacial score (nSPS) is 17.4. The van der Waals surface area contributed by atoms with Crippen molar-refractivity contribution < 1.29 is 9.59 Å². The zero-order valence-electron chi connectivity index (χ0n) is 11.6. The lowest BCUT2D eigenvalue weighted by Crippen LogP contribution is -2.31. The van der Waals surface area contributed by atoms with E-state index in [4.69, 9.17) is 0 Å². The maximum absolute atomic E-state index is 12.4. The standard InChI is InChI=1S/C16H20BrNO2/c17-11-15(12-19)13-5-7-14(8-6-13)16(20)18-9-3-1-2-4-10-18/h5-8,12,15H,1-4,9-11H2. The van der Waals surface area contributed by atoms with Crippen molar-refractivity contribution in [2.24, 2.45) is 0 Å². The van der Waals surface area contributed by atoms with E-state index in [-0.39, 0.29) is 11.8 Å². The smallest absolute Gasteiger partial charge is 0.253 e. The third-order valence-electron chi connectivity index (χ3n) is 3.81. The lowest BCUT2D eigenvalue weighted by molar-refractivity contribution is -0.108. The Morgan fingerprint density at radius 3 is 2.25 bits per heavy atom. The Bertz CT molecular complexity index is 450. The van der Waals surface area contributed by atoms with Crippen molar-refractivity contribution in [1.29, 1.82) is 0 Å². The minimum Gasteiger partial charge on any atom is -0.339 e. The molecule has 1 aliphatic rings. The van der Waals surface area contributed by atoms with Crippen molar-refractivity contribution in [3.8, 4) is 0 Å². The number of carbonyl (C=O) groups excluding carboxylic acids is 2. The summed E-state index contributed by atoms with van der Waals surface area (Å²) in [5, 5.41) is 0.607. The third kappa shape index (κ3) is 3.69. The van der Waals surface area contributed by atoms with Crippen molar-refractivity contribution in [3.63, 3.8) is 0 Å². The van der Waals surface area contributed by atoms with E-state index in [1.165, 1.54) is 12.8 Å². The average molecular weight is 338 g/mol. The third-order valence-corrected chi connectivity index (χ3v) is 4.51. The highest BCUT2D eigenvalue weighted by molar-refractivity contribution is 9.09. The van der Waals surface area contributed by atoms with Crippen LogP contribution in [0.3, 0.4) is 0 Å². The van der Waals surface area contributed by atoms with E-state index in [0.717, 1.165) is 43.3 Å². The van der Waals surface area contributed by atoms with Crippen LogP contribution in [0.1, 0.15) is 47.5 Å². The van der Waals surface area contributed by atoms with Gasteiger partial charge in [0.2, 0.25) is 0 Å². The summed E-state index contributed by atoms with van der Waals surface area (Å²) in [6.45, 7) is 1.72. The van der Waals surface area contributed by atoms with E-state index in [1.807, 2.05) is 29.2 Å². The number of amides is 1. The van der Waals surface area contributed by atoms with Crippen molar-refractivity contribution in [3.05, 3.63) is 35.4 Å². The molecule has 0 aromatic heterocycles. The van der Waals surface area contributed by atoms with Gasteiger partial charge in [0.15, 0.2) is 0 Å². The molecule has 1 heterocycles. The fourth-order valence-electron chi connectivity index (χ4n) is 2.53. The Kier molecular flexibility index (Phi) is 5.77. The number of nitrogens with zero attached hydrogens (tertiary/aromatic N) is 1. The van der Waals surface area contributed by atoms with Crippen LogP contribution >= 0.6 is 15.9 Å². The van der Waals surface area contributed by atoms with Crippen molar-refractivity contribution in [1.82, 2.24) is 4.90 Å². The van der Waals surface area contributed by atoms with Gasteiger partial charge >= 0.3 is 0 Å². The Morgan fingerprint density at radius 2 is 1.75 bits per heavy atom. The number of hydrogen-bond donors (Lipinski definition) is 0. The molecule has 0 radical (unpaired) electrons. The molecule has 1 fully saturated rings. The number of halogens is 1. The summed E-state index contributed by atoms with van der Waals surface area (Å²) in [5.74, 6) is -0.0303. The van der Waals surface area contributed by atoms with Gasteiger partial charge in [0.1, 0.15) is 6.29 Å². The summed E-state index contributed by atoms with van der Waals surface area (Å²) in [6.07, 6.45) is 5.56. The number of aldehydes is 1. The predicted octanol–water partition coefficient (Wildman–Crippen LogP) is 3.38. The molecule has 1 saturated heterocycles. The lowest BCUT2D eigenvalue weighted by Gasteiger charge is -2.20. The monoisotopic (exact) mass is 337 g/mol. The molecular formula is C16H20BrNO2. The summed E-state index contributed by atoms with van der Waals surface area (Å²) < 4.78 is 0. The van der Waals surface area contributed by atoms with Gasteiger partial charge in [-0.25, -0.2) is 0 Å². The largest absolute Gasteiger partial charge is 0.339 e. The van der Waals surface area contributed by atoms with Crippen LogP contribution in [0.4, 0.5) is 0 Å². The van der Waals surface area contributed by atoms with E-state index in [1.54, 1.807) is 0 Å². The Morgan fingerprint density at radius 1 is 1.15 bits per heavy atom.